The second kappa shape index (κ2) is 17.0. The molecule has 0 saturated carbocycles. The summed E-state index contributed by atoms with van der Waals surface area (Å²) in [5.41, 5.74) is 0.885. The number of para-hydroxylation sites is 1. The highest BCUT2D eigenvalue weighted by Gasteiger charge is 2.34. The summed E-state index contributed by atoms with van der Waals surface area (Å²) in [6.07, 6.45) is 0.392. The van der Waals surface area contributed by atoms with Gasteiger partial charge in [-0.2, -0.15) is 0 Å². The van der Waals surface area contributed by atoms with E-state index in [1.54, 1.807) is 27.7 Å². The third-order valence-corrected chi connectivity index (χ3v) is 8.02. The molecular weight excluding hydrogens is 530 g/mol. The molecule has 0 amide bonds. The van der Waals surface area contributed by atoms with Crippen LogP contribution in [0.5, 0.6) is 0 Å². The van der Waals surface area contributed by atoms with Gasteiger partial charge in [-0.1, -0.05) is 23.9 Å². The van der Waals surface area contributed by atoms with Crippen LogP contribution in [0.15, 0.2) is 28.6 Å². The van der Waals surface area contributed by atoms with Crippen molar-refractivity contribution in [3.05, 3.63) is 24.3 Å². The van der Waals surface area contributed by atoms with E-state index in [-0.39, 0.29) is 52.1 Å². The van der Waals surface area contributed by atoms with Gasteiger partial charge in [0.15, 0.2) is 4.34 Å². The second-order valence-corrected chi connectivity index (χ2v) is 10.7. The summed E-state index contributed by atoms with van der Waals surface area (Å²) in [5, 5.41) is 0. The van der Waals surface area contributed by atoms with E-state index in [4.69, 9.17) is 18.9 Å². The van der Waals surface area contributed by atoms with Crippen LogP contribution in [0, 0.1) is 17.8 Å². The Morgan fingerprint density at radius 3 is 1.95 bits per heavy atom. The van der Waals surface area contributed by atoms with Gasteiger partial charge >= 0.3 is 23.9 Å². The molecule has 0 aliphatic rings. The molecule has 0 radical (unpaired) electrons. The summed E-state index contributed by atoms with van der Waals surface area (Å²) in [6.45, 7) is 7.60. The van der Waals surface area contributed by atoms with Gasteiger partial charge in [0.1, 0.15) is 0 Å². The van der Waals surface area contributed by atoms with Crippen molar-refractivity contribution in [3.63, 3.8) is 0 Å². The minimum absolute atomic E-state index is 0.0155. The van der Waals surface area contributed by atoms with Crippen molar-refractivity contribution in [2.75, 3.05) is 32.2 Å². The minimum Gasteiger partial charge on any atom is -0.466 e. The molecule has 0 aliphatic heterocycles. The van der Waals surface area contributed by atoms with Crippen molar-refractivity contribution >= 4 is 57.2 Å². The first-order chi connectivity index (χ1) is 18.3. The average Bonchev–Trinajstić information content (AvgIpc) is 3.31. The van der Waals surface area contributed by atoms with Gasteiger partial charge in [0.25, 0.3) is 0 Å². The zero-order valence-corrected chi connectivity index (χ0v) is 24.1. The number of ether oxygens (including phenoxy) is 4. The molecule has 1 aromatic heterocycles. The van der Waals surface area contributed by atoms with E-state index < -0.39 is 41.6 Å². The molecule has 2 rings (SSSR count). The van der Waals surface area contributed by atoms with Gasteiger partial charge in [-0.05, 0) is 59.1 Å². The highest BCUT2D eigenvalue weighted by molar-refractivity contribution is 8.01. The van der Waals surface area contributed by atoms with E-state index in [0.29, 0.717) is 5.75 Å². The normalized spacial score (nSPS) is 13.4. The number of carbonyl (C=O) groups excluding carboxylic acids is 4. The maximum atomic E-state index is 13.0. The smallest absolute Gasteiger partial charge is 0.309 e. The molecule has 9 nitrogen and oxygen atoms in total. The maximum absolute atomic E-state index is 13.0. The molecule has 11 heteroatoms. The van der Waals surface area contributed by atoms with Gasteiger partial charge in [0, 0.05) is 12.2 Å². The number of thiazole rings is 1. The zero-order valence-electron chi connectivity index (χ0n) is 22.4. The first-order valence-electron chi connectivity index (χ1n) is 13.0. The van der Waals surface area contributed by atoms with Crippen molar-refractivity contribution in [3.8, 4) is 0 Å². The van der Waals surface area contributed by atoms with Crippen LogP contribution in [0.4, 0.5) is 0 Å². The van der Waals surface area contributed by atoms with Crippen LogP contribution >= 0.6 is 23.1 Å². The van der Waals surface area contributed by atoms with Crippen molar-refractivity contribution in [1.82, 2.24) is 4.98 Å². The Labute approximate surface area is 231 Å². The number of rotatable bonds is 17. The molecule has 1 aromatic carbocycles. The van der Waals surface area contributed by atoms with Crippen molar-refractivity contribution < 1.29 is 38.1 Å². The van der Waals surface area contributed by atoms with Crippen molar-refractivity contribution in [2.24, 2.45) is 17.8 Å². The number of hydrogen-bond acceptors (Lipinski definition) is 11. The van der Waals surface area contributed by atoms with Gasteiger partial charge in [-0.25, -0.2) is 4.98 Å². The zero-order chi connectivity index (χ0) is 27.9. The van der Waals surface area contributed by atoms with Crippen LogP contribution in [-0.2, 0) is 38.1 Å². The van der Waals surface area contributed by atoms with E-state index >= 15 is 0 Å². The molecule has 0 aliphatic carbocycles. The van der Waals surface area contributed by atoms with Crippen LogP contribution in [0.25, 0.3) is 10.2 Å². The van der Waals surface area contributed by atoms with Crippen molar-refractivity contribution in [1.29, 1.82) is 0 Å². The summed E-state index contributed by atoms with van der Waals surface area (Å²) in [4.78, 5) is 55.1. The van der Waals surface area contributed by atoms with Gasteiger partial charge in [0.2, 0.25) is 0 Å². The lowest BCUT2D eigenvalue weighted by atomic mass is 9.85. The molecule has 2 aromatic rings. The standard InChI is InChI=1S/C27H37NO8S2/c1-5-33-23(29)14-13-18(24(30)34-6-2)15-19(25(31)35-7-3)16-20(26(32)36-8-4)17-37-27-28-21-11-9-10-12-22(21)38-27/h9-12,18-20H,5-8,13-17H2,1-4H3. The summed E-state index contributed by atoms with van der Waals surface area (Å²) in [5.74, 6) is -3.62. The van der Waals surface area contributed by atoms with Crippen LogP contribution < -0.4 is 0 Å². The average molecular weight is 568 g/mol. The van der Waals surface area contributed by atoms with E-state index in [0.717, 1.165) is 14.6 Å². The lowest BCUT2D eigenvalue weighted by Gasteiger charge is -2.24. The summed E-state index contributed by atoms with van der Waals surface area (Å²) < 4.78 is 22.7. The number of thioether (sulfide) groups is 1. The van der Waals surface area contributed by atoms with E-state index in [2.05, 4.69) is 4.98 Å². The lowest BCUT2D eigenvalue weighted by molar-refractivity contribution is -0.154. The molecular formula is C27H37NO8S2. The minimum atomic E-state index is -0.767. The second-order valence-electron chi connectivity index (χ2n) is 8.42. The molecule has 0 spiro atoms. The summed E-state index contributed by atoms with van der Waals surface area (Å²) in [7, 11) is 0. The highest BCUT2D eigenvalue weighted by Crippen LogP contribution is 2.33. The molecule has 210 valence electrons. The number of hydrogen-bond donors (Lipinski definition) is 0. The number of benzene rings is 1. The largest absolute Gasteiger partial charge is 0.466 e. The van der Waals surface area contributed by atoms with E-state index in [1.165, 1.54) is 23.1 Å². The molecule has 3 atom stereocenters. The number of carbonyl (C=O) groups is 4. The fourth-order valence-corrected chi connectivity index (χ4v) is 6.12. The Bertz CT molecular complexity index is 1020. The lowest BCUT2D eigenvalue weighted by Crippen LogP contribution is -2.31. The molecule has 0 saturated heterocycles. The molecule has 0 fully saturated rings. The van der Waals surface area contributed by atoms with Crippen LogP contribution in [0.2, 0.25) is 0 Å². The quantitative estimate of drug-likeness (QED) is 0.146. The predicted molar refractivity (Wildman–Crippen MR) is 146 cm³/mol. The number of fused-ring (bicyclic) bond motifs is 1. The molecule has 38 heavy (non-hydrogen) atoms. The summed E-state index contributed by atoms with van der Waals surface area (Å²) in [6, 6.07) is 7.79. The van der Waals surface area contributed by atoms with E-state index in [9.17, 15) is 19.2 Å². The van der Waals surface area contributed by atoms with Gasteiger partial charge in [-0.3, -0.25) is 19.2 Å². The third-order valence-electron chi connectivity index (χ3n) is 5.68. The SMILES string of the molecule is CCOC(=O)CCC(CC(CC(CSc1nc2ccccc2s1)C(=O)OCC)C(=O)OCC)C(=O)OCC. The molecule has 3 unspecified atom stereocenters. The number of esters is 4. The van der Waals surface area contributed by atoms with Gasteiger partial charge < -0.3 is 18.9 Å². The first-order valence-corrected chi connectivity index (χ1v) is 14.8. The number of aromatic nitrogens is 1. The summed E-state index contributed by atoms with van der Waals surface area (Å²) >= 11 is 2.96. The van der Waals surface area contributed by atoms with Crippen LogP contribution in [0.3, 0.4) is 0 Å². The molecule has 0 bridgehead atoms. The Hall–Kier alpha value is -2.66. The fourth-order valence-electron chi connectivity index (χ4n) is 3.93. The Balaban J connectivity index is 2.22. The Kier molecular flexibility index (Phi) is 14.1. The molecule has 0 N–H and O–H groups in total. The topological polar surface area (TPSA) is 118 Å². The van der Waals surface area contributed by atoms with Gasteiger partial charge in [-0.15, -0.1) is 11.3 Å². The predicted octanol–water partition coefficient (Wildman–Crippen LogP) is 5.05. The Morgan fingerprint density at radius 2 is 1.34 bits per heavy atom. The Morgan fingerprint density at radius 1 is 0.789 bits per heavy atom. The van der Waals surface area contributed by atoms with Crippen LogP contribution in [-0.4, -0.2) is 61.0 Å². The third kappa shape index (κ3) is 10.2. The number of nitrogens with zero attached hydrogens (tertiary/aromatic N) is 1. The van der Waals surface area contributed by atoms with Gasteiger partial charge in [0.05, 0.1) is 54.4 Å². The van der Waals surface area contributed by atoms with Crippen LogP contribution in [0.1, 0.15) is 53.4 Å². The van der Waals surface area contributed by atoms with Crippen molar-refractivity contribution in [2.45, 2.75) is 57.7 Å². The first kappa shape index (κ1) is 31.6. The molecule has 1 heterocycles. The maximum Gasteiger partial charge on any atom is 0.309 e. The van der Waals surface area contributed by atoms with E-state index in [1.807, 2.05) is 24.3 Å². The monoisotopic (exact) mass is 567 g/mol. The fraction of sp³-hybridized carbons (Fsp3) is 0.593. The highest BCUT2D eigenvalue weighted by atomic mass is 32.2.